The molecule has 4 rings (SSSR count). The largest absolute Gasteiger partial charge is 0.375 e. The van der Waals surface area contributed by atoms with Crippen LogP contribution in [0.1, 0.15) is 52.7 Å². The molecular weight excluding hydrogens is 420 g/mol. The van der Waals surface area contributed by atoms with Gasteiger partial charge in [-0.15, -0.1) is 0 Å². The van der Waals surface area contributed by atoms with Crippen molar-refractivity contribution in [3.63, 3.8) is 0 Å². The zero-order chi connectivity index (χ0) is 22.0. The molecule has 8 nitrogen and oxygen atoms in total. The quantitative estimate of drug-likeness (QED) is 0.780. The van der Waals surface area contributed by atoms with Gasteiger partial charge < -0.3 is 19.5 Å². The highest BCUT2D eigenvalue weighted by Crippen LogP contribution is 2.31. The van der Waals surface area contributed by atoms with E-state index in [0.29, 0.717) is 47.2 Å². The summed E-state index contributed by atoms with van der Waals surface area (Å²) >= 11 is 6.07. The molecule has 0 radical (unpaired) electrons. The van der Waals surface area contributed by atoms with E-state index in [4.69, 9.17) is 21.3 Å². The number of rotatable bonds is 4. The van der Waals surface area contributed by atoms with Crippen LogP contribution in [0.15, 0.2) is 29.1 Å². The molecule has 0 spiro atoms. The monoisotopic (exact) mass is 444 g/mol. The molecular formula is C22H25ClN4O4. The first-order valence-electron chi connectivity index (χ1n) is 10.4. The fourth-order valence-corrected chi connectivity index (χ4v) is 4.47. The lowest BCUT2D eigenvalue weighted by molar-refractivity contribution is -0.136. The van der Waals surface area contributed by atoms with Crippen LogP contribution in [0, 0.1) is 0 Å². The topological polar surface area (TPSA) is 95.6 Å². The number of carbonyl (C=O) groups is 2. The van der Waals surface area contributed by atoms with Crippen LogP contribution in [0.25, 0.3) is 0 Å². The summed E-state index contributed by atoms with van der Waals surface area (Å²) in [4.78, 5) is 49.2. The summed E-state index contributed by atoms with van der Waals surface area (Å²) in [6.45, 7) is 1.29. The number of benzene rings is 1. The number of amides is 2. The van der Waals surface area contributed by atoms with Crippen LogP contribution in [-0.2, 0) is 22.5 Å². The molecule has 1 aromatic carbocycles. The summed E-state index contributed by atoms with van der Waals surface area (Å²) in [5.74, 6) is 0.238. The molecule has 0 bridgehead atoms. The highest BCUT2D eigenvalue weighted by atomic mass is 35.5. The van der Waals surface area contributed by atoms with E-state index in [-0.39, 0.29) is 36.6 Å². The average Bonchev–Trinajstić information content (AvgIpc) is 2.78. The molecule has 2 aliphatic rings. The lowest BCUT2D eigenvalue weighted by Gasteiger charge is -2.36. The van der Waals surface area contributed by atoms with Gasteiger partial charge in [-0.3, -0.25) is 14.4 Å². The number of likely N-dealkylation sites (tertiary alicyclic amines) is 1. The second kappa shape index (κ2) is 9.20. The molecule has 164 valence electrons. The molecule has 1 aromatic heterocycles. The van der Waals surface area contributed by atoms with Gasteiger partial charge in [0.25, 0.3) is 11.5 Å². The first-order valence-corrected chi connectivity index (χ1v) is 10.8. The van der Waals surface area contributed by atoms with Crippen molar-refractivity contribution in [2.24, 2.45) is 0 Å². The fraction of sp³-hybridized carbons (Fsp3) is 0.455. The first kappa shape index (κ1) is 21.5. The van der Waals surface area contributed by atoms with Gasteiger partial charge in [0.05, 0.1) is 23.8 Å². The smallest absolute Gasteiger partial charge is 0.256 e. The maximum atomic E-state index is 13.2. The number of aromatic amines is 1. The van der Waals surface area contributed by atoms with Crippen molar-refractivity contribution in [2.75, 3.05) is 26.8 Å². The first-order chi connectivity index (χ1) is 15.0. The Balaban J connectivity index is 1.61. The zero-order valence-electron chi connectivity index (χ0n) is 17.4. The summed E-state index contributed by atoms with van der Waals surface area (Å²) in [6, 6.07) is 6.59. The lowest BCUT2D eigenvalue weighted by Crippen LogP contribution is -2.43. The van der Waals surface area contributed by atoms with Gasteiger partial charge in [-0.1, -0.05) is 17.7 Å². The minimum absolute atomic E-state index is 0.0125. The van der Waals surface area contributed by atoms with E-state index in [0.717, 1.165) is 19.3 Å². The van der Waals surface area contributed by atoms with Crippen LogP contribution in [0.3, 0.4) is 0 Å². The van der Waals surface area contributed by atoms with Gasteiger partial charge in [0.15, 0.2) is 0 Å². The van der Waals surface area contributed by atoms with Gasteiger partial charge in [-0.2, -0.15) is 0 Å². The van der Waals surface area contributed by atoms with E-state index in [9.17, 15) is 14.4 Å². The third-order valence-corrected chi connectivity index (χ3v) is 6.09. The van der Waals surface area contributed by atoms with Gasteiger partial charge >= 0.3 is 0 Å². The number of carbonyl (C=O) groups excluding carboxylic acids is 2. The third kappa shape index (κ3) is 4.50. The van der Waals surface area contributed by atoms with Crippen molar-refractivity contribution in [3.05, 3.63) is 62.3 Å². The van der Waals surface area contributed by atoms with Crippen LogP contribution < -0.4 is 5.56 Å². The molecule has 1 saturated heterocycles. The van der Waals surface area contributed by atoms with E-state index >= 15 is 0 Å². The highest BCUT2D eigenvalue weighted by Gasteiger charge is 2.32. The number of hydrogen-bond donors (Lipinski definition) is 1. The number of ether oxygens (including phenoxy) is 1. The minimum atomic E-state index is -0.300. The SMILES string of the molecule is COCC(=O)N1CCc2nc([C@H]3CCCCN3C(=O)c3cccc(Cl)c3)[nH]c(=O)c2C1. The van der Waals surface area contributed by atoms with Crippen LogP contribution in [0.4, 0.5) is 0 Å². The Labute approximate surface area is 185 Å². The predicted octanol–water partition coefficient (Wildman–Crippen LogP) is 2.32. The maximum absolute atomic E-state index is 13.2. The van der Waals surface area contributed by atoms with E-state index in [2.05, 4.69) is 4.98 Å². The van der Waals surface area contributed by atoms with Gasteiger partial charge in [-0.05, 0) is 37.5 Å². The fourth-order valence-electron chi connectivity index (χ4n) is 4.28. The van der Waals surface area contributed by atoms with Crippen LogP contribution in [-0.4, -0.2) is 58.4 Å². The Morgan fingerprint density at radius 2 is 2.13 bits per heavy atom. The average molecular weight is 445 g/mol. The van der Waals surface area contributed by atoms with Gasteiger partial charge in [0.2, 0.25) is 5.91 Å². The minimum Gasteiger partial charge on any atom is -0.375 e. The number of aromatic nitrogens is 2. The number of H-pyrrole nitrogens is 1. The number of hydrogen-bond acceptors (Lipinski definition) is 5. The summed E-state index contributed by atoms with van der Waals surface area (Å²) in [5.41, 5.74) is 1.46. The summed E-state index contributed by atoms with van der Waals surface area (Å²) in [7, 11) is 1.47. The Kier molecular flexibility index (Phi) is 6.38. The van der Waals surface area contributed by atoms with E-state index in [1.165, 1.54) is 7.11 Å². The summed E-state index contributed by atoms with van der Waals surface area (Å²) in [5, 5.41) is 0.507. The molecule has 0 saturated carbocycles. The van der Waals surface area contributed by atoms with Crippen molar-refractivity contribution in [2.45, 2.75) is 38.3 Å². The molecule has 1 atom stereocenters. The Morgan fingerprint density at radius 1 is 1.29 bits per heavy atom. The molecule has 31 heavy (non-hydrogen) atoms. The molecule has 2 amide bonds. The van der Waals surface area contributed by atoms with E-state index in [1.54, 1.807) is 34.1 Å². The molecule has 1 N–H and O–H groups in total. The summed E-state index contributed by atoms with van der Waals surface area (Å²) in [6.07, 6.45) is 3.07. The molecule has 1 fully saturated rings. The van der Waals surface area contributed by atoms with Gasteiger partial charge in [0, 0.05) is 37.2 Å². The molecule has 3 heterocycles. The van der Waals surface area contributed by atoms with Crippen molar-refractivity contribution < 1.29 is 14.3 Å². The maximum Gasteiger partial charge on any atom is 0.256 e. The number of halogens is 1. The summed E-state index contributed by atoms with van der Waals surface area (Å²) < 4.78 is 4.91. The third-order valence-electron chi connectivity index (χ3n) is 5.86. The number of methoxy groups -OCH3 is 1. The van der Waals surface area contributed by atoms with Crippen molar-refractivity contribution in [1.29, 1.82) is 0 Å². The normalized spacial score (nSPS) is 18.6. The molecule has 0 aliphatic carbocycles. The predicted molar refractivity (Wildman–Crippen MR) is 115 cm³/mol. The number of nitrogens with one attached hydrogen (secondary N) is 1. The van der Waals surface area contributed by atoms with Crippen LogP contribution in [0.5, 0.6) is 0 Å². The molecule has 0 unspecified atom stereocenters. The number of nitrogens with zero attached hydrogens (tertiary/aromatic N) is 3. The number of piperidine rings is 1. The Hall–Kier alpha value is -2.71. The Morgan fingerprint density at radius 3 is 2.90 bits per heavy atom. The van der Waals surface area contributed by atoms with Crippen LogP contribution in [0.2, 0.25) is 5.02 Å². The second-order valence-electron chi connectivity index (χ2n) is 7.90. The lowest BCUT2D eigenvalue weighted by atomic mass is 9.99. The van der Waals surface area contributed by atoms with E-state index < -0.39 is 0 Å². The standard InChI is InChI=1S/C22H25ClN4O4/c1-31-13-19(28)26-10-8-17-16(12-26)21(29)25-20(24-17)18-7-2-3-9-27(18)22(30)14-5-4-6-15(23)11-14/h4-6,11,18H,2-3,7-10,12-13H2,1H3,(H,24,25,29)/t18-/m1/s1. The van der Waals surface area contributed by atoms with E-state index in [1.807, 2.05) is 0 Å². The van der Waals surface area contributed by atoms with Gasteiger partial charge in [-0.25, -0.2) is 4.98 Å². The zero-order valence-corrected chi connectivity index (χ0v) is 18.2. The molecule has 2 aromatic rings. The molecule has 9 heteroatoms. The Bertz CT molecular complexity index is 1050. The van der Waals surface area contributed by atoms with Crippen LogP contribution >= 0.6 is 11.6 Å². The highest BCUT2D eigenvalue weighted by molar-refractivity contribution is 6.30. The van der Waals surface area contributed by atoms with Gasteiger partial charge in [0.1, 0.15) is 12.4 Å². The van der Waals surface area contributed by atoms with Crippen molar-refractivity contribution in [1.82, 2.24) is 19.8 Å². The second-order valence-corrected chi connectivity index (χ2v) is 8.33. The number of fused-ring (bicyclic) bond motifs is 1. The molecule has 2 aliphatic heterocycles. The van der Waals surface area contributed by atoms with Crippen molar-refractivity contribution in [3.8, 4) is 0 Å². The van der Waals surface area contributed by atoms with Crippen molar-refractivity contribution >= 4 is 23.4 Å².